The molecule has 1 saturated heterocycles. The number of anilines is 2. The van der Waals surface area contributed by atoms with Gasteiger partial charge in [0.25, 0.3) is 0 Å². The van der Waals surface area contributed by atoms with E-state index in [-0.39, 0.29) is 11.4 Å². The first-order valence-electron chi connectivity index (χ1n) is 7.45. The zero-order valence-corrected chi connectivity index (χ0v) is 12.9. The van der Waals surface area contributed by atoms with Crippen LogP contribution in [0.25, 0.3) is 0 Å². The summed E-state index contributed by atoms with van der Waals surface area (Å²) in [6.07, 6.45) is 1.11. The number of carbonyl (C=O) groups is 1. The van der Waals surface area contributed by atoms with Gasteiger partial charge in [0, 0.05) is 36.4 Å². The van der Waals surface area contributed by atoms with Crippen molar-refractivity contribution in [3.05, 3.63) is 24.3 Å². The molecule has 2 rings (SSSR count). The average molecular weight is 291 g/mol. The van der Waals surface area contributed by atoms with E-state index in [9.17, 15) is 4.79 Å². The van der Waals surface area contributed by atoms with Crippen LogP contribution in [0.5, 0.6) is 0 Å². The molecule has 5 heteroatoms. The van der Waals surface area contributed by atoms with Gasteiger partial charge in [-0.1, -0.05) is 0 Å². The van der Waals surface area contributed by atoms with Crippen LogP contribution >= 0.6 is 0 Å². The number of amides is 1. The topological polar surface area (TPSA) is 67.6 Å². The standard InChI is InChI=1S/C16H25N3O2/c1-16(2,17)8-7-15(20)18-13-3-5-14(6-4-13)19-9-11-21-12-10-19/h3-6H,7-12,17H2,1-2H3,(H,18,20). The summed E-state index contributed by atoms with van der Waals surface area (Å²) < 4.78 is 5.34. The first-order chi connectivity index (χ1) is 9.94. The highest BCUT2D eigenvalue weighted by atomic mass is 16.5. The lowest BCUT2D eigenvalue weighted by Gasteiger charge is -2.28. The average Bonchev–Trinajstić information content (AvgIpc) is 2.46. The van der Waals surface area contributed by atoms with Crippen LogP contribution in [0.2, 0.25) is 0 Å². The Kier molecular flexibility index (Phi) is 5.20. The summed E-state index contributed by atoms with van der Waals surface area (Å²) in [5.41, 5.74) is 7.57. The van der Waals surface area contributed by atoms with Crippen molar-refractivity contribution in [2.75, 3.05) is 36.5 Å². The molecular formula is C16H25N3O2. The summed E-state index contributed by atoms with van der Waals surface area (Å²) in [6, 6.07) is 7.95. The van der Waals surface area contributed by atoms with E-state index >= 15 is 0 Å². The number of nitrogens with one attached hydrogen (secondary N) is 1. The zero-order chi connectivity index (χ0) is 15.3. The molecule has 0 saturated carbocycles. The van der Waals surface area contributed by atoms with Gasteiger partial charge in [-0.2, -0.15) is 0 Å². The third-order valence-corrected chi connectivity index (χ3v) is 3.52. The van der Waals surface area contributed by atoms with Crippen molar-refractivity contribution in [2.45, 2.75) is 32.2 Å². The van der Waals surface area contributed by atoms with E-state index < -0.39 is 0 Å². The number of benzene rings is 1. The number of nitrogens with zero attached hydrogens (tertiary/aromatic N) is 1. The second kappa shape index (κ2) is 6.91. The summed E-state index contributed by atoms with van der Waals surface area (Å²) >= 11 is 0. The molecule has 0 atom stereocenters. The lowest BCUT2D eigenvalue weighted by Crippen LogP contribution is -2.36. The summed E-state index contributed by atoms with van der Waals surface area (Å²) in [5.74, 6) is 0.00708. The van der Waals surface area contributed by atoms with Gasteiger partial charge in [0.1, 0.15) is 0 Å². The van der Waals surface area contributed by atoms with Gasteiger partial charge in [-0.15, -0.1) is 0 Å². The molecule has 1 heterocycles. The molecule has 0 unspecified atom stereocenters. The molecular weight excluding hydrogens is 266 g/mol. The van der Waals surface area contributed by atoms with Crippen molar-refractivity contribution in [1.82, 2.24) is 0 Å². The van der Waals surface area contributed by atoms with Crippen LogP contribution in [0.4, 0.5) is 11.4 Å². The molecule has 5 nitrogen and oxygen atoms in total. The molecule has 1 aromatic carbocycles. The van der Waals surface area contributed by atoms with Crippen molar-refractivity contribution in [3.63, 3.8) is 0 Å². The van der Waals surface area contributed by atoms with Crippen LogP contribution in [-0.4, -0.2) is 37.7 Å². The molecule has 1 fully saturated rings. The minimum atomic E-state index is -0.308. The number of nitrogens with two attached hydrogens (primary N) is 1. The Morgan fingerprint density at radius 2 is 1.90 bits per heavy atom. The van der Waals surface area contributed by atoms with Gasteiger partial charge < -0.3 is 20.7 Å². The molecule has 1 aliphatic rings. The van der Waals surface area contributed by atoms with Crippen LogP contribution < -0.4 is 16.0 Å². The maximum absolute atomic E-state index is 11.9. The lowest BCUT2D eigenvalue weighted by molar-refractivity contribution is -0.116. The summed E-state index contributed by atoms with van der Waals surface area (Å²) in [4.78, 5) is 14.1. The number of rotatable bonds is 5. The Hall–Kier alpha value is -1.59. The van der Waals surface area contributed by atoms with E-state index in [1.807, 2.05) is 38.1 Å². The van der Waals surface area contributed by atoms with Crippen molar-refractivity contribution >= 4 is 17.3 Å². The van der Waals surface area contributed by atoms with Crippen molar-refractivity contribution in [2.24, 2.45) is 5.73 Å². The molecule has 0 spiro atoms. The molecule has 0 radical (unpaired) electrons. The number of hydrogen-bond donors (Lipinski definition) is 2. The second-order valence-electron chi connectivity index (χ2n) is 6.18. The van der Waals surface area contributed by atoms with E-state index in [0.29, 0.717) is 12.8 Å². The fourth-order valence-corrected chi connectivity index (χ4v) is 2.24. The Morgan fingerprint density at radius 1 is 1.29 bits per heavy atom. The highest BCUT2D eigenvalue weighted by Crippen LogP contribution is 2.19. The van der Waals surface area contributed by atoms with Crippen LogP contribution in [-0.2, 0) is 9.53 Å². The second-order valence-corrected chi connectivity index (χ2v) is 6.18. The SMILES string of the molecule is CC(C)(N)CCC(=O)Nc1ccc(N2CCOCC2)cc1. The maximum Gasteiger partial charge on any atom is 0.224 e. The summed E-state index contributed by atoms with van der Waals surface area (Å²) in [7, 11) is 0. The van der Waals surface area contributed by atoms with Gasteiger partial charge in [0.15, 0.2) is 0 Å². The molecule has 0 aliphatic carbocycles. The minimum absolute atomic E-state index is 0.00708. The molecule has 0 bridgehead atoms. The van der Waals surface area contributed by atoms with Crippen molar-refractivity contribution in [3.8, 4) is 0 Å². The zero-order valence-electron chi connectivity index (χ0n) is 12.9. The summed E-state index contributed by atoms with van der Waals surface area (Å²) in [5, 5.41) is 2.91. The number of ether oxygens (including phenoxy) is 1. The largest absolute Gasteiger partial charge is 0.378 e. The fraction of sp³-hybridized carbons (Fsp3) is 0.562. The Labute approximate surface area is 126 Å². The van der Waals surface area contributed by atoms with E-state index in [4.69, 9.17) is 10.5 Å². The van der Waals surface area contributed by atoms with E-state index in [1.165, 1.54) is 5.69 Å². The van der Waals surface area contributed by atoms with Gasteiger partial charge in [0.05, 0.1) is 13.2 Å². The van der Waals surface area contributed by atoms with Crippen LogP contribution in [0.1, 0.15) is 26.7 Å². The quantitative estimate of drug-likeness (QED) is 0.870. The molecule has 3 N–H and O–H groups in total. The smallest absolute Gasteiger partial charge is 0.224 e. The Balaban J connectivity index is 1.85. The first kappa shape index (κ1) is 15.8. The fourth-order valence-electron chi connectivity index (χ4n) is 2.24. The Morgan fingerprint density at radius 3 is 2.48 bits per heavy atom. The molecule has 116 valence electrons. The molecule has 1 aliphatic heterocycles. The third kappa shape index (κ3) is 5.36. The third-order valence-electron chi connectivity index (χ3n) is 3.52. The molecule has 1 amide bonds. The lowest BCUT2D eigenvalue weighted by atomic mass is 10.00. The first-order valence-corrected chi connectivity index (χ1v) is 7.45. The molecule has 0 aromatic heterocycles. The van der Waals surface area contributed by atoms with Gasteiger partial charge in [-0.3, -0.25) is 4.79 Å². The number of morpholine rings is 1. The van der Waals surface area contributed by atoms with Crippen molar-refractivity contribution in [1.29, 1.82) is 0 Å². The van der Waals surface area contributed by atoms with Gasteiger partial charge in [-0.25, -0.2) is 0 Å². The molecule has 21 heavy (non-hydrogen) atoms. The number of hydrogen-bond acceptors (Lipinski definition) is 4. The van der Waals surface area contributed by atoms with Crippen molar-refractivity contribution < 1.29 is 9.53 Å². The molecule has 1 aromatic rings. The normalized spacial score (nSPS) is 15.9. The summed E-state index contributed by atoms with van der Waals surface area (Å²) in [6.45, 7) is 7.23. The predicted molar refractivity (Wildman–Crippen MR) is 85.6 cm³/mol. The van der Waals surface area contributed by atoms with E-state index in [0.717, 1.165) is 32.0 Å². The van der Waals surface area contributed by atoms with E-state index in [2.05, 4.69) is 10.2 Å². The minimum Gasteiger partial charge on any atom is -0.378 e. The Bertz CT molecular complexity index is 459. The maximum atomic E-state index is 11.9. The predicted octanol–water partition coefficient (Wildman–Crippen LogP) is 1.98. The van der Waals surface area contributed by atoms with Gasteiger partial charge in [-0.05, 0) is 44.5 Å². The van der Waals surface area contributed by atoms with Gasteiger partial charge >= 0.3 is 0 Å². The van der Waals surface area contributed by atoms with Crippen LogP contribution in [0, 0.1) is 0 Å². The van der Waals surface area contributed by atoms with Crippen LogP contribution in [0.3, 0.4) is 0 Å². The monoisotopic (exact) mass is 291 g/mol. The highest BCUT2D eigenvalue weighted by molar-refractivity contribution is 5.90. The number of carbonyl (C=O) groups excluding carboxylic acids is 1. The van der Waals surface area contributed by atoms with E-state index in [1.54, 1.807) is 0 Å². The van der Waals surface area contributed by atoms with Gasteiger partial charge in [0.2, 0.25) is 5.91 Å². The highest BCUT2D eigenvalue weighted by Gasteiger charge is 2.14. The van der Waals surface area contributed by atoms with Crippen LogP contribution in [0.15, 0.2) is 24.3 Å².